The zero-order chi connectivity index (χ0) is 10.4. The molecule has 0 aliphatic heterocycles. The Labute approximate surface area is 88.2 Å². The molecule has 2 heteroatoms. The highest BCUT2D eigenvalue weighted by molar-refractivity contribution is 4.86. The molecule has 2 N–H and O–H groups in total. The fourth-order valence-electron chi connectivity index (χ4n) is 2.38. The molecule has 0 bridgehead atoms. The molecule has 1 saturated carbocycles. The molecule has 0 aromatic rings. The van der Waals surface area contributed by atoms with E-state index in [1.165, 1.54) is 32.1 Å². The van der Waals surface area contributed by atoms with E-state index in [9.17, 15) is 0 Å². The largest absolute Gasteiger partial charge is 0.370 e. The molecule has 0 amide bonds. The normalized spacial score (nSPS) is 21.4. The van der Waals surface area contributed by atoms with Crippen LogP contribution in [0.1, 0.15) is 58.8 Å². The predicted octanol–water partition coefficient (Wildman–Crippen LogP) is 2.85. The molecule has 0 spiro atoms. The van der Waals surface area contributed by atoms with Crippen molar-refractivity contribution < 1.29 is 4.74 Å². The maximum atomic E-state index is 6.20. The van der Waals surface area contributed by atoms with Gasteiger partial charge < -0.3 is 10.5 Å². The van der Waals surface area contributed by atoms with Crippen LogP contribution in [0.5, 0.6) is 0 Å². The Morgan fingerprint density at radius 2 is 1.71 bits per heavy atom. The van der Waals surface area contributed by atoms with E-state index < -0.39 is 0 Å². The quantitative estimate of drug-likeness (QED) is 0.739. The highest BCUT2D eigenvalue weighted by atomic mass is 16.5. The van der Waals surface area contributed by atoms with Crippen LogP contribution < -0.4 is 5.73 Å². The van der Waals surface area contributed by atoms with E-state index in [0.29, 0.717) is 12.6 Å². The van der Waals surface area contributed by atoms with Crippen molar-refractivity contribution in [2.45, 2.75) is 70.5 Å². The fourth-order valence-corrected chi connectivity index (χ4v) is 2.38. The Kier molecular flexibility index (Phi) is 4.90. The summed E-state index contributed by atoms with van der Waals surface area (Å²) in [6.07, 6.45) is 8.90. The predicted molar refractivity (Wildman–Crippen MR) is 60.3 cm³/mol. The van der Waals surface area contributed by atoms with Crippen LogP contribution >= 0.6 is 0 Å². The number of hydrogen-bond donors (Lipinski definition) is 1. The fraction of sp³-hybridized carbons (Fsp3) is 1.00. The van der Waals surface area contributed by atoms with Crippen molar-refractivity contribution in [3.8, 4) is 0 Å². The van der Waals surface area contributed by atoms with Crippen LogP contribution in [-0.4, -0.2) is 18.2 Å². The zero-order valence-corrected chi connectivity index (χ0v) is 9.72. The first-order valence-corrected chi connectivity index (χ1v) is 6.14. The number of nitrogens with two attached hydrogens (primary N) is 1. The molecule has 0 aromatic carbocycles. The molecule has 14 heavy (non-hydrogen) atoms. The zero-order valence-electron chi connectivity index (χ0n) is 9.72. The van der Waals surface area contributed by atoms with Crippen molar-refractivity contribution in [2.75, 3.05) is 6.54 Å². The molecule has 0 unspecified atom stereocenters. The second-order valence-electron chi connectivity index (χ2n) is 4.50. The maximum absolute atomic E-state index is 6.20. The molecule has 0 aromatic heterocycles. The first kappa shape index (κ1) is 12.0. The second kappa shape index (κ2) is 5.72. The van der Waals surface area contributed by atoms with Gasteiger partial charge in [0.25, 0.3) is 0 Å². The molecule has 0 radical (unpaired) electrons. The van der Waals surface area contributed by atoms with Gasteiger partial charge in [-0.05, 0) is 25.7 Å². The summed E-state index contributed by atoms with van der Waals surface area (Å²) in [6, 6.07) is 0. The molecule has 0 saturated heterocycles. The average molecular weight is 199 g/mol. The lowest BCUT2D eigenvalue weighted by Crippen LogP contribution is -2.45. The summed E-state index contributed by atoms with van der Waals surface area (Å²) in [5, 5.41) is 0. The maximum Gasteiger partial charge on any atom is 0.0807 e. The lowest BCUT2D eigenvalue weighted by molar-refractivity contribution is -0.109. The van der Waals surface area contributed by atoms with E-state index in [1.807, 2.05) is 0 Å². The Bertz CT molecular complexity index is 148. The summed E-state index contributed by atoms with van der Waals surface area (Å²) in [4.78, 5) is 0. The van der Waals surface area contributed by atoms with Crippen LogP contribution in [0.3, 0.4) is 0 Å². The minimum Gasteiger partial charge on any atom is -0.370 e. The number of hydrogen-bond acceptors (Lipinski definition) is 2. The monoisotopic (exact) mass is 199 g/mol. The van der Waals surface area contributed by atoms with Crippen molar-refractivity contribution >= 4 is 0 Å². The summed E-state index contributed by atoms with van der Waals surface area (Å²) >= 11 is 0. The molecule has 1 fully saturated rings. The molecule has 1 rings (SSSR count). The minimum atomic E-state index is 0.0228. The molecular formula is C12H25NO. The standard InChI is InChI=1S/C12H25NO/c1-3-11(4-2)14-12(10-13)8-6-5-7-9-12/h11H,3-10,13H2,1-2H3. The van der Waals surface area contributed by atoms with Crippen molar-refractivity contribution in [3.05, 3.63) is 0 Å². The van der Waals surface area contributed by atoms with Crippen molar-refractivity contribution in [2.24, 2.45) is 5.73 Å². The SMILES string of the molecule is CCC(CC)OC1(CN)CCCCC1. The Balaban J connectivity index is 2.50. The minimum absolute atomic E-state index is 0.0228. The van der Waals surface area contributed by atoms with Crippen molar-refractivity contribution in [1.29, 1.82) is 0 Å². The van der Waals surface area contributed by atoms with Gasteiger partial charge in [-0.15, -0.1) is 0 Å². The van der Waals surface area contributed by atoms with Gasteiger partial charge in [0.15, 0.2) is 0 Å². The van der Waals surface area contributed by atoms with Crippen LogP contribution in [-0.2, 0) is 4.74 Å². The molecule has 1 aliphatic carbocycles. The molecule has 2 nitrogen and oxygen atoms in total. The third kappa shape index (κ3) is 2.96. The summed E-state index contributed by atoms with van der Waals surface area (Å²) in [5.74, 6) is 0. The Morgan fingerprint density at radius 3 is 2.14 bits per heavy atom. The lowest BCUT2D eigenvalue weighted by Gasteiger charge is -2.39. The van der Waals surface area contributed by atoms with Gasteiger partial charge >= 0.3 is 0 Å². The third-order valence-corrected chi connectivity index (χ3v) is 3.46. The van der Waals surface area contributed by atoms with Gasteiger partial charge in [0.1, 0.15) is 0 Å². The van der Waals surface area contributed by atoms with Crippen molar-refractivity contribution in [3.63, 3.8) is 0 Å². The number of ether oxygens (including phenoxy) is 1. The van der Waals surface area contributed by atoms with E-state index >= 15 is 0 Å². The third-order valence-electron chi connectivity index (χ3n) is 3.46. The van der Waals surface area contributed by atoms with E-state index in [2.05, 4.69) is 13.8 Å². The topological polar surface area (TPSA) is 35.2 Å². The lowest BCUT2D eigenvalue weighted by atomic mass is 9.84. The van der Waals surface area contributed by atoms with Gasteiger partial charge in [-0.3, -0.25) is 0 Å². The van der Waals surface area contributed by atoms with Gasteiger partial charge in [-0.25, -0.2) is 0 Å². The van der Waals surface area contributed by atoms with E-state index in [0.717, 1.165) is 12.8 Å². The smallest absolute Gasteiger partial charge is 0.0807 e. The van der Waals surface area contributed by atoms with Gasteiger partial charge in [-0.2, -0.15) is 0 Å². The Morgan fingerprint density at radius 1 is 1.14 bits per heavy atom. The van der Waals surface area contributed by atoms with Gasteiger partial charge in [-0.1, -0.05) is 33.1 Å². The first-order valence-electron chi connectivity index (χ1n) is 6.14. The van der Waals surface area contributed by atoms with E-state index in [-0.39, 0.29) is 5.60 Å². The molecular weight excluding hydrogens is 174 g/mol. The first-order chi connectivity index (χ1) is 6.76. The van der Waals surface area contributed by atoms with Gasteiger partial charge in [0, 0.05) is 6.54 Å². The van der Waals surface area contributed by atoms with Crippen LogP contribution in [0, 0.1) is 0 Å². The highest BCUT2D eigenvalue weighted by Gasteiger charge is 2.33. The molecule has 0 atom stereocenters. The van der Waals surface area contributed by atoms with Crippen LogP contribution in [0.2, 0.25) is 0 Å². The van der Waals surface area contributed by atoms with Crippen LogP contribution in [0.4, 0.5) is 0 Å². The summed E-state index contributed by atoms with van der Waals surface area (Å²) in [5.41, 5.74) is 5.89. The second-order valence-corrected chi connectivity index (χ2v) is 4.50. The summed E-state index contributed by atoms with van der Waals surface area (Å²) in [6.45, 7) is 5.09. The molecule has 84 valence electrons. The average Bonchev–Trinajstić information content (AvgIpc) is 2.27. The van der Waals surface area contributed by atoms with Gasteiger partial charge in [0.05, 0.1) is 11.7 Å². The molecule has 0 heterocycles. The van der Waals surface area contributed by atoms with Crippen LogP contribution in [0.15, 0.2) is 0 Å². The van der Waals surface area contributed by atoms with Crippen LogP contribution in [0.25, 0.3) is 0 Å². The highest BCUT2D eigenvalue weighted by Crippen LogP contribution is 2.32. The molecule has 1 aliphatic rings. The number of rotatable bonds is 5. The Hall–Kier alpha value is -0.0800. The van der Waals surface area contributed by atoms with Crippen molar-refractivity contribution in [1.82, 2.24) is 0 Å². The van der Waals surface area contributed by atoms with Gasteiger partial charge in [0.2, 0.25) is 0 Å². The summed E-state index contributed by atoms with van der Waals surface area (Å²) < 4.78 is 6.20. The van der Waals surface area contributed by atoms with E-state index in [4.69, 9.17) is 10.5 Å². The summed E-state index contributed by atoms with van der Waals surface area (Å²) in [7, 11) is 0. The van der Waals surface area contributed by atoms with E-state index in [1.54, 1.807) is 0 Å².